The van der Waals surface area contributed by atoms with Gasteiger partial charge in [0.05, 0.1) is 18.1 Å². The van der Waals surface area contributed by atoms with Gasteiger partial charge < -0.3 is 4.74 Å². The molecule has 0 amide bonds. The summed E-state index contributed by atoms with van der Waals surface area (Å²) >= 11 is 1.33. The van der Waals surface area contributed by atoms with Gasteiger partial charge >= 0.3 is 5.97 Å². The first-order valence-corrected chi connectivity index (χ1v) is 8.66. The number of esters is 1. The van der Waals surface area contributed by atoms with Crippen LogP contribution in [0.4, 0.5) is 0 Å². The third-order valence-electron chi connectivity index (χ3n) is 3.48. The highest BCUT2D eigenvalue weighted by Gasteiger charge is 2.14. The number of hydrogen-bond donors (Lipinski definition) is 0. The van der Waals surface area contributed by atoms with Gasteiger partial charge in [0.2, 0.25) is 0 Å². The molecular formula is C17H18N4O2S. The lowest BCUT2D eigenvalue weighted by Crippen LogP contribution is -2.08. The van der Waals surface area contributed by atoms with Crippen molar-refractivity contribution in [1.82, 2.24) is 20.0 Å². The fourth-order valence-electron chi connectivity index (χ4n) is 2.50. The van der Waals surface area contributed by atoms with E-state index < -0.39 is 0 Å². The Kier molecular flexibility index (Phi) is 4.80. The number of hydrogen-bond acceptors (Lipinski definition) is 6. The van der Waals surface area contributed by atoms with Crippen molar-refractivity contribution in [2.45, 2.75) is 25.8 Å². The molecule has 7 heteroatoms. The monoisotopic (exact) mass is 342 g/mol. The van der Waals surface area contributed by atoms with Crippen LogP contribution in [0.5, 0.6) is 0 Å². The molecule has 124 valence electrons. The van der Waals surface area contributed by atoms with Crippen LogP contribution in [0.15, 0.2) is 35.4 Å². The number of aromatic nitrogens is 4. The molecule has 24 heavy (non-hydrogen) atoms. The van der Waals surface area contributed by atoms with Gasteiger partial charge in [-0.1, -0.05) is 36.0 Å². The largest absolute Gasteiger partial charge is 0.465 e. The van der Waals surface area contributed by atoms with Gasteiger partial charge in [-0.2, -0.15) is 5.10 Å². The molecule has 0 aliphatic heterocycles. The molecule has 6 nitrogen and oxygen atoms in total. The lowest BCUT2D eigenvalue weighted by Gasteiger charge is -2.10. The molecule has 0 spiro atoms. The maximum atomic E-state index is 11.6. The number of carbonyl (C=O) groups is 1. The summed E-state index contributed by atoms with van der Waals surface area (Å²) in [6, 6.07) is 9.87. The van der Waals surface area contributed by atoms with E-state index in [1.54, 1.807) is 11.6 Å². The third-order valence-corrected chi connectivity index (χ3v) is 4.43. The molecule has 0 radical (unpaired) electrons. The smallest absolute Gasteiger partial charge is 0.316 e. The molecule has 0 atom stereocenters. The zero-order valence-electron chi connectivity index (χ0n) is 13.8. The van der Waals surface area contributed by atoms with E-state index in [1.165, 1.54) is 11.8 Å². The van der Waals surface area contributed by atoms with Crippen LogP contribution in [0.25, 0.3) is 16.6 Å². The van der Waals surface area contributed by atoms with E-state index in [9.17, 15) is 4.79 Å². The molecule has 3 rings (SSSR count). The van der Waals surface area contributed by atoms with Crippen molar-refractivity contribution < 1.29 is 9.53 Å². The van der Waals surface area contributed by atoms with Crippen molar-refractivity contribution in [1.29, 1.82) is 0 Å². The van der Waals surface area contributed by atoms with Crippen molar-refractivity contribution in [3.8, 4) is 5.82 Å². The Bertz CT molecular complexity index is 891. The van der Waals surface area contributed by atoms with Gasteiger partial charge in [-0.15, -0.1) is 10.2 Å². The van der Waals surface area contributed by atoms with Gasteiger partial charge in [0.25, 0.3) is 0 Å². The molecule has 0 bridgehead atoms. The van der Waals surface area contributed by atoms with Crippen molar-refractivity contribution in [2.75, 3.05) is 12.4 Å². The second-order valence-corrected chi connectivity index (χ2v) is 6.27. The summed E-state index contributed by atoms with van der Waals surface area (Å²) in [5.74, 6) is 0.652. The van der Waals surface area contributed by atoms with Crippen molar-refractivity contribution in [3.05, 3.63) is 41.7 Å². The van der Waals surface area contributed by atoms with Crippen LogP contribution in [0, 0.1) is 13.8 Å². The maximum Gasteiger partial charge on any atom is 0.316 e. The normalized spacial score (nSPS) is 11.0. The van der Waals surface area contributed by atoms with Crippen LogP contribution in [-0.2, 0) is 9.53 Å². The SMILES string of the molecule is CCOC(=O)CSc1nnc(-n2nc(C)cc2C)c2ccccc12. The number of fused-ring (bicyclic) bond motifs is 1. The molecule has 0 fully saturated rings. The van der Waals surface area contributed by atoms with Crippen LogP contribution < -0.4 is 0 Å². The van der Waals surface area contributed by atoms with Gasteiger partial charge in [-0.3, -0.25) is 4.79 Å². The average molecular weight is 342 g/mol. The Morgan fingerprint density at radius 1 is 1.21 bits per heavy atom. The predicted molar refractivity (Wildman–Crippen MR) is 93.5 cm³/mol. The molecule has 0 aliphatic rings. The van der Waals surface area contributed by atoms with Crippen molar-refractivity contribution in [2.24, 2.45) is 0 Å². The van der Waals surface area contributed by atoms with Gasteiger partial charge in [0, 0.05) is 16.5 Å². The van der Waals surface area contributed by atoms with Gasteiger partial charge in [0.15, 0.2) is 5.82 Å². The summed E-state index contributed by atoms with van der Waals surface area (Å²) in [7, 11) is 0. The van der Waals surface area contributed by atoms with Crippen LogP contribution in [0.2, 0.25) is 0 Å². The van der Waals surface area contributed by atoms with Crippen molar-refractivity contribution >= 4 is 28.5 Å². The molecule has 0 saturated heterocycles. The first-order chi connectivity index (χ1) is 11.6. The molecular weight excluding hydrogens is 324 g/mol. The van der Waals surface area contributed by atoms with Crippen LogP contribution in [-0.4, -0.2) is 38.3 Å². The fourth-order valence-corrected chi connectivity index (χ4v) is 3.27. The van der Waals surface area contributed by atoms with Crippen LogP contribution in [0.3, 0.4) is 0 Å². The number of nitrogens with zero attached hydrogens (tertiary/aromatic N) is 4. The molecule has 0 saturated carbocycles. The minimum Gasteiger partial charge on any atom is -0.465 e. The number of benzene rings is 1. The second kappa shape index (κ2) is 7.00. The highest BCUT2D eigenvalue weighted by molar-refractivity contribution is 8.00. The Hall–Kier alpha value is -2.41. The Morgan fingerprint density at radius 2 is 1.96 bits per heavy atom. The summed E-state index contributed by atoms with van der Waals surface area (Å²) in [5, 5.41) is 15.8. The minimum absolute atomic E-state index is 0.214. The molecule has 0 aliphatic carbocycles. The van der Waals surface area contributed by atoms with E-state index in [4.69, 9.17) is 4.74 Å². The average Bonchev–Trinajstić information content (AvgIpc) is 2.91. The molecule has 0 N–H and O–H groups in total. The molecule has 2 aromatic heterocycles. The number of carbonyl (C=O) groups excluding carboxylic acids is 1. The van der Waals surface area contributed by atoms with Gasteiger partial charge in [-0.25, -0.2) is 4.68 Å². The zero-order chi connectivity index (χ0) is 17.1. The second-order valence-electron chi connectivity index (χ2n) is 5.31. The van der Waals surface area contributed by atoms with E-state index in [-0.39, 0.29) is 11.7 Å². The highest BCUT2D eigenvalue weighted by atomic mass is 32.2. The van der Waals surface area contributed by atoms with Crippen LogP contribution >= 0.6 is 11.8 Å². The summed E-state index contributed by atoms with van der Waals surface area (Å²) < 4.78 is 6.76. The zero-order valence-corrected chi connectivity index (χ0v) is 14.6. The lowest BCUT2D eigenvalue weighted by molar-refractivity contribution is -0.139. The Morgan fingerprint density at radius 3 is 2.62 bits per heavy atom. The topological polar surface area (TPSA) is 69.9 Å². The predicted octanol–water partition coefficient (Wildman–Crippen LogP) is 3.09. The maximum absolute atomic E-state index is 11.6. The highest BCUT2D eigenvalue weighted by Crippen LogP contribution is 2.28. The number of aryl methyl sites for hydroxylation is 2. The molecule has 1 aromatic carbocycles. The molecule has 2 heterocycles. The standard InChI is InChI=1S/C17H18N4O2S/c1-4-23-15(22)10-24-17-14-8-6-5-7-13(14)16(18-19-17)21-12(3)9-11(2)20-21/h5-9H,4,10H2,1-3H3. The summed E-state index contributed by atoms with van der Waals surface area (Å²) in [4.78, 5) is 11.6. The van der Waals surface area contributed by atoms with E-state index in [1.807, 2.05) is 44.2 Å². The number of ether oxygens (including phenoxy) is 1. The van der Waals surface area contributed by atoms with Crippen molar-refractivity contribution in [3.63, 3.8) is 0 Å². The summed E-state index contributed by atoms with van der Waals surface area (Å²) in [5.41, 5.74) is 1.93. The minimum atomic E-state index is -0.254. The quantitative estimate of drug-likeness (QED) is 0.524. The van der Waals surface area contributed by atoms with Gasteiger partial charge in [-0.05, 0) is 26.8 Å². The lowest BCUT2D eigenvalue weighted by atomic mass is 10.2. The molecule has 3 aromatic rings. The number of rotatable bonds is 5. The van der Waals surface area contributed by atoms with E-state index in [2.05, 4.69) is 15.3 Å². The Labute approximate surface area is 144 Å². The van der Waals surface area contributed by atoms with Crippen LogP contribution in [0.1, 0.15) is 18.3 Å². The van der Waals surface area contributed by atoms with E-state index in [0.29, 0.717) is 17.5 Å². The van der Waals surface area contributed by atoms with E-state index in [0.717, 1.165) is 22.2 Å². The fraction of sp³-hybridized carbons (Fsp3) is 0.294. The third kappa shape index (κ3) is 3.26. The Balaban J connectivity index is 2.01. The first kappa shape index (κ1) is 16.4. The van der Waals surface area contributed by atoms with E-state index >= 15 is 0 Å². The summed E-state index contributed by atoms with van der Waals surface area (Å²) in [6.45, 7) is 6.10. The molecule has 0 unspecified atom stereocenters. The first-order valence-electron chi connectivity index (χ1n) is 7.67. The van der Waals surface area contributed by atoms with Gasteiger partial charge in [0.1, 0.15) is 5.03 Å². The number of thioether (sulfide) groups is 1. The summed E-state index contributed by atoms with van der Waals surface area (Å²) in [6.07, 6.45) is 0.